The van der Waals surface area contributed by atoms with Crippen LogP contribution >= 0.6 is 11.3 Å². The van der Waals surface area contributed by atoms with Crippen molar-refractivity contribution >= 4 is 27.5 Å². The number of hydrogen-bond acceptors (Lipinski definition) is 6. The molecule has 4 rings (SSSR count). The van der Waals surface area contributed by atoms with Gasteiger partial charge in [-0.25, -0.2) is 9.78 Å². The summed E-state index contributed by atoms with van der Waals surface area (Å²) < 4.78 is 10.7. The zero-order chi connectivity index (χ0) is 19.8. The van der Waals surface area contributed by atoms with Crippen LogP contribution in [0.4, 0.5) is 0 Å². The van der Waals surface area contributed by atoms with Gasteiger partial charge in [0.25, 0.3) is 5.56 Å². The lowest BCUT2D eigenvalue weighted by Gasteiger charge is -2.17. The van der Waals surface area contributed by atoms with E-state index >= 15 is 0 Å². The summed E-state index contributed by atoms with van der Waals surface area (Å²) in [4.78, 5) is 34.6. The maximum Gasteiger partial charge on any atom is 0.338 e. The normalized spacial score (nSPS) is 17.2. The Bertz CT molecular complexity index is 1100. The third kappa shape index (κ3) is 3.42. The van der Waals surface area contributed by atoms with Gasteiger partial charge in [0.05, 0.1) is 18.1 Å². The number of benzene rings is 1. The SMILES string of the molecule is COc1cccc(C(=O)O[C@@H](C)c2nc3sc4c(c3c(=O)[nH]2)CC[C@H](C)C4)c1. The fraction of sp³-hybridized carbons (Fsp3) is 0.381. The van der Waals surface area contributed by atoms with Gasteiger partial charge in [-0.1, -0.05) is 13.0 Å². The van der Waals surface area contributed by atoms with E-state index in [0.717, 1.165) is 29.7 Å². The molecule has 0 saturated heterocycles. The van der Waals surface area contributed by atoms with Crippen LogP contribution in [0.2, 0.25) is 0 Å². The van der Waals surface area contributed by atoms with Gasteiger partial charge >= 0.3 is 5.97 Å². The van der Waals surface area contributed by atoms with E-state index in [0.29, 0.717) is 28.4 Å². The Labute approximate surface area is 166 Å². The molecule has 7 heteroatoms. The zero-order valence-electron chi connectivity index (χ0n) is 16.1. The second kappa shape index (κ2) is 7.39. The lowest BCUT2D eigenvalue weighted by molar-refractivity contribution is 0.0319. The van der Waals surface area contributed by atoms with Gasteiger partial charge in [-0.05, 0) is 55.9 Å². The van der Waals surface area contributed by atoms with Crippen LogP contribution < -0.4 is 10.3 Å². The summed E-state index contributed by atoms with van der Waals surface area (Å²) in [5.74, 6) is 1.07. The molecule has 0 fully saturated rings. The van der Waals surface area contributed by atoms with Gasteiger partial charge in [0.1, 0.15) is 10.6 Å². The first kappa shape index (κ1) is 18.7. The molecule has 2 aromatic heterocycles. The molecule has 1 N–H and O–H groups in total. The highest BCUT2D eigenvalue weighted by atomic mass is 32.1. The Morgan fingerprint density at radius 3 is 3.00 bits per heavy atom. The number of carbonyl (C=O) groups excluding carboxylic acids is 1. The van der Waals surface area contributed by atoms with Crippen molar-refractivity contribution in [1.29, 1.82) is 0 Å². The number of thiophene rings is 1. The van der Waals surface area contributed by atoms with Gasteiger partial charge in [0, 0.05) is 4.88 Å². The van der Waals surface area contributed by atoms with Crippen molar-refractivity contribution in [2.24, 2.45) is 5.92 Å². The third-order valence-electron chi connectivity index (χ3n) is 5.16. The number of fused-ring (bicyclic) bond motifs is 3. The molecule has 0 amide bonds. The Hall–Kier alpha value is -2.67. The minimum Gasteiger partial charge on any atom is -0.497 e. The topological polar surface area (TPSA) is 81.3 Å². The number of esters is 1. The lowest BCUT2D eigenvalue weighted by atomic mass is 9.89. The Morgan fingerprint density at radius 2 is 2.21 bits per heavy atom. The highest BCUT2D eigenvalue weighted by Crippen LogP contribution is 2.36. The molecule has 0 spiro atoms. The minimum absolute atomic E-state index is 0.156. The summed E-state index contributed by atoms with van der Waals surface area (Å²) >= 11 is 1.58. The van der Waals surface area contributed by atoms with Crippen LogP contribution in [-0.2, 0) is 17.6 Å². The smallest absolute Gasteiger partial charge is 0.338 e. The highest BCUT2D eigenvalue weighted by molar-refractivity contribution is 7.18. The fourth-order valence-electron chi connectivity index (χ4n) is 3.59. The van der Waals surface area contributed by atoms with Crippen LogP contribution in [0.3, 0.4) is 0 Å². The van der Waals surface area contributed by atoms with Crippen molar-refractivity contribution in [2.45, 2.75) is 39.2 Å². The summed E-state index contributed by atoms with van der Waals surface area (Å²) in [6, 6.07) is 6.75. The molecule has 28 heavy (non-hydrogen) atoms. The van der Waals surface area contributed by atoms with Crippen LogP contribution in [0, 0.1) is 5.92 Å². The van der Waals surface area contributed by atoms with Crippen LogP contribution in [-0.4, -0.2) is 23.0 Å². The zero-order valence-corrected chi connectivity index (χ0v) is 16.9. The standard InChI is InChI=1S/C21H22N2O4S/c1-11-7-8-15-16(9-11)28-20-17(15)19(24)22-18(23-20)12(2)27-21(25)13-5-4-6-14(10-13)26-3/h4-6,10-12H,7-9H2,1-3H3,(H,22,23,24)/t11-,12-/m0/s1. The van der Waals surface area contributed by atoms with Gasteiger partial charge < -0.3 is 14.5 Å². The molecule has 0 unspecified atom stereocenters. The fourth-order valence-corrected chi connectivity index (χ4v) is 4.98. The van der Waals surface area contributed by atoms with Crippen molar-refractivity contribution in [3.8, 4) is 5.75 Å². The maximum atomic E-state index is 12.7. The van der Waals surface area contributed by atoms with E-state index in [1.165, 1.54) is 4.88 Å². The van der Waals surface area contributed by atoms with E-state index in [1.807, 2.05) is 0 Å². The molecule has 1 aliphatic rings. The average molecular weight is 398 g/mol. The molecule has 6 nitrogen and oxygen atoms in total. The number of methoxy groups -OCH3 is 1. The maximum absolute atomic E-state index is 12.7. The summed E-state index contributed by atoms with van der Waals surface area (Å²) in [5.41, 5.74) is 1.37. The van der Waals surface area contributed by atoms with E-state index in [1.54, 1.807) is 49.6 Å². The lowest BCUT2D eigenvalue weighted by Crippen LogP contribution is -2.18. The van der Waals surface area contributed by atoms with Crippen LogP contribution in [0.25, 0.3) is 10.2 Å². The summed E-state index contributed by atoms with van der Waals surface area (Å²) in [5, 5.41) is 0.696. The minimum atomic E-state index is -0.672. The first-order valence-corrected chi connectivity index (χ1v) is 10.2. The van der Waals surface area contributed by atoms with Crippen molar-refractivity contribution in [3.05, 3.63) is 56.4 Å². The van der Waals surface area contributed by atoms with Crippen LogP contribution in [0.15, 0.2) is 29.1 Å². The number of rotatable bonds is 4. The van der Waals surface area contributed by atoms with Gasteiger partial charge in [0.2, 0.25) is 0 Å². The summed E-state index contributed by atoms with van der Waals surface area (Å²) in [6.45, 7) is 3.94. The average Bonchev–Trinajstić information content (AvgIpc) is 3.05. The molecule has 3 aromatic rings. The van der Waals surface area contributed by atoms with Crippen molar-refractivity contribution < 1.29 is 14.3 Å². The van der Waals surface area contributed by atoms with E-state index < -0.39 is 12.1 Å². The molecule has 2 heterocycles. The number of ether oxygens (including phenoxy) is 2. The number of aromatic amines is 1. The molecule has 1 aromatic carbocycles. The highest BCUT2D eigenvalue weighted by Gasteiger charge is 2.24. The van der Waals surface area contributed by atoms with Gasteiger partial charge in [0.15, 0.2) is 11.9 Å². The molecular formula is C21H22N2O4S. The predicted octanol–water partition coefficient (Wildman–Crippen LogP) is 4.04. The number of nitrogens with zero attached hydrogens (tertiary/aromatic N) is 1. The van der Waals surface area contributed by atoms with E-state index in [9.17, 15) is 9.59 Å². The monoisotopic (exact) mass is 398 g/mol. The first-order valence-electron chi connectivity index (χ1n) is 9.35. The van der Waals surface area contributed by atoms with Crippen molar-refractivity contribution in [2.75, 3.05) is 7.11 Å². The molecule has 0 radical (unpaired) electrons. The molecule has 2 atom stereocenters. The van der Waals surface area contributed by atoms with Gasteiger partial charge in [-0.3, -0.25) is 4.79 Å². The van der Waals surface area contributed by atoms with Crippen LogP contribution in [0.5, 0.6) is 5.75 Å². The number of H-pyrrole nitrogens is 1. The van der Waals surface area contributed by atoms with E-state index in [-0.39, 0.29) is 5.56 Å². The molecule has 0 saturated carbocycles. The molecule has 0 bridgehead atoms. The Kier molecular flexibility index (Phi) is 4.93. The number of aromatic nitrogens is 2. The Balaban J connectivity index is 1.61. The Morgan fingerprint density at radius 1 is 1.39 bits per heavy atom. The molecule has 1 aliphatic carbocycles. The largest absolute Gasteiger partial charge is 0.497 e. The van der Waals surface area contributed by atoms with Gasteiger partial charge in [-0.2, -0.15) is 0 Å². The number of hydrogen-bond donors (Lipinski definition) is 1. The predicted molar refractivity (Wildman–Crippen MR) is 108 cm³/mol. The molecule has 146 valence electrons. The number of nitrogens with one attached hydrogen (secondary N) is 1. The van der Waals surface area contributed by atoms with E-state index in [4.69, 9.17) is 9.47 Å². The van der Waals surface area contributed by atoms with E-state index in [2.05, 4.69) is 16.9 Å². The molecule has 0 aliphatic heterocycles. The second-order valence-electron chi connectivity index (χ2n) is 7.26. The quantitative estimate of drug-likeness (QED) is 0.671. The number of carbonyl (C=O) groups is 1. The first-order chi connectivity index (χ1) is 13.5. The van der Waals surface area contributed by atoms with Crippen LogP contribution in [0.1, 0.15) is 53.0 Å². The summed E-state index contributed by atoms with van der Waals surface area (Å²) in [6.07, 6.45) is 2.33. The van der Waals surface area contributed by atoms with Gasteiger partial charge in [-0.15, -0.1) is 11.3 Å². The third-order valence-corrected chi connectivity index (χ3v) is 6.31. The molecular weight excluding hydrogens is 376 g/mol. The van der Waals surface area contributed by atoms with Crippen molar-refractivity contribution in [1.82, 2.24) is 9.97 Å². The number of aryl methyl sites for hydroxylation is 1. The van der Waals surface area contributed by atoms with Crippen molar-refractivity contribution in [3.63, 3.8) is 0 Å². The second-order valence-corrected chi connectivity index (χ2v) is 8.35. The summed E-state index contributed by atoms with van der Waals surface area (Å²) in [7, 11) is 1.54.